The van der Waals surface area contributed by atoms with Crippen molar-refractivity contribution >= 4 is 5.78 Å². The molecule has 0 aromatic rings. The number of carbonyl (C=O) groups excluding carboxylic acids is 1. The third-order valence-corrected chi connectivity index (χ3v) is 3.05. The molecule has 1 spiro atoms. The summed E-state index contributed by atoms with van der Waals surface area (Å²) in [6.45, 7) is 3.03. The molecule has 1 atom stereocenters. The third-order valence-electron chi connectivity index (χ3n) is 3.05. The molecule has 1 N–H and O–H groups in total. The van der Waals surface area contributed by atoms with Gasteiger partial charge < -0.3 is 5.32 Å². The lowest BCUT2D eigenvalue weighted by Gasteiger charge is -2.05. The minimum absolute atomic E-state index is 0.197. The highest BCUT2D eigenvalue weighted by Gasteiger charge is 2.49. The fourth-order valence-corrected chi connectivity index (χ4v) is 1.95. The van der Waals surface area contributed by atoms with E-state index in [0.717, 1.165) is 13.0 Å². The predicted molar refractivity (Wildman–Crippen MR) is 43.4 cm³/mol. The van der Waals surface area contributed by atoms with Crippen LogP contribution in [0.1, 0.15) is 32.6 Å². The summed E-state index contributed by atoms with van der Waals surface area (Å²) in [6.07, 6.45) is 4.48. The second-order valence-electron chi connectivity index (χ2n) is 3.96. The SMILES string of the molecule is CCC(=O)C1CC2(CC2)CN1. The molecule has 0 radical (unpaired) electrons. The largest absolute Gasteiger partial charge is 0.307 e. The monoisotopic (exact) mass is 153 g/mol. The molecule has 1 aliphatic heterocycles. The Hall–Kier alpha value is -0.370. The van der Waals surface area contributed by atoms with Crippen LogP contribution in [-0.4, -0.2) is 18.4 Å². The molecule has 0 bridgehead atoms. The predicted octanol–water partition coefficient (Wildman–Crippen LogP) is 1.11. The summed E-state index contributed by atoms with van der Waals surface area (Å²) in [5, 5.41) is 3.31. The Labute approximate surface area is 67.4 Å². The smallest absolute Gasteiger partial charge is 0.149 e. The van der Waals surface area contributed by atoms with Crippen LogP contribution in [-0.2, 0) is 4.79 Å². The molecule has 1 unspecified atom stereocenters. The Kier molecular flexibility index (Phi) is 1.53. The maximum Gasteiger partial charge on any atom is 0.149 e. The highest BCUT2D eigenvalue weighted by Crippen LogP contribution is 2.51. The van der Waals surface area contributed by atoms with Gasteiger partial charge in [0.2, 0.25) is 0 Å². The molecule has 62 valence electrons. The van der Waals surface area contributed by atoms with Gasteiger partial charge in [0.05, 0.1) is 6.04 Å². The lowest BCUT2D eigenvalue weighted by atomic mass is 10.00. The second-order valence-corrected chi connectivity index (χ2v) is 3.96. The van der Waals surface area contributed by atoms with Crippen molar-refractivity contribution in [3.05, 3.63) is 0 Å². The lowest BCUT2D eigenvalue weighted by molar-refractivity contribution is -0.120. The van der Waals surface area contributed by atoms with E-state index >= 15 is 0 Å². The van der Waals surface area contributed by atoms with Crippen molar-refractivity contribution in [1.29, 1.82) is 0 Å². The molecule has 2 nitrogen and oxygen atoms in total. The summed E-state index contributed by atoms with van der Waals surface area (Å²) in [4.78, 5) is 11.3. The maximum absolute atomic E-state index is 11.3. The van der Waals surface area contributed by atoms with Crippen LogP contribution in [0.25, 0.3) is 0 Å². The van der Waals surface area contributed by atoms with Crippen LogP contribution >= 0.6 is 0 Å². The van der Waals surface area contributed by atoms with Crippen LogP contribution in [0.3, 0.4) is 0 Å². The number of Topliss-reactive ketones (excluding diaryl/α,β-unsaturated/α-hetero) is 1. The second kappa shape index (κ2) is 2.31. The zero-order chi connectivity index (χ0) is 7.90. The van der Waals surface area contributed by atoms with Gasteiger partial charge in [-0.15, -0.1) is 0 Å². The van der Waals surface area contributed by atoms with Gasteiger partial charge in [0.25, 0.3) is 0 Å². The molecule has 1 aliphatic carbocycles. The average Bonchev–Trinajstić information content (AvgIpc) is 2.61. The molecule has 1 saturated carbocycles. The van der Waals surface area contributed by atoms with E-state index in [9.17, 15) is 4.79 Å². The van der Waals surface area contributed by atoms with Crippen molar-refractivity contribution in [2.24, 2.45) is 5.41 Å². The number of nitrogens with one attached hydrogen (secondary N) is 1. The zero-order valence-electron chi connectivity index (χ0n) is 7.02. The normalized spacial score (nSPS) is 32.6. The van der Waals surface area contributed by atoms with Crippen molar-refractivity contribution in [2.75, 3.05) is 6.54 Å². The van der Waals surface area contributed by atoms with E-state index < -0.39 is 0 Å². The first-order valence-corrected chi connectivity index (χ1v) is 4.52. The van der Waals surface area contributed by atoms with Gasteiger partial charge in [-0.05, 0) is 24.7 Å². The highest BCUT2D eigenvalue weighted by atomic mass is 16.1. The molecule has 0 amide bonds. The van der Waals surface area contributed by atoms with Crippen molar-refractivity contribution in [2.45, 2.75) is 38.6 Å². The van der Waals surface area contributed by atoms with E-state index in [1.165, 1.54) is 12.8 Å². The Morgan fingerprint density at radius 2 is 2.36 bits per heavy atom. The molecule has 1 heterocycles. The van der Waals surface area contributed by atoms with E-state index in [4.69, 9.17) is 0 Å². The van der Waals surface area contributed by atoms with Crippen LogP contribution in [0.15, 0.2) is 0 Å². The van der Waals surface area contributed by atoms with Crippen molar-refractivity contribution in [1.82, 2.24) is 5.32 Å². The van der Waals surface area contributed by atoms with Gasteiger partial charge in [0.1, 0.15) is 5.78 Å². The van der Waals surface area contributed by atoms with Crippen LogP contribution < -0.4 is 5.32 Å². The molecule has 1 saturated heterocycles. The average molecular weight is 153 g/mol. The minimum Gasteiger partial charge on any atom is -0.307 e. The Balaban J connectivity index is 1.94. The van der Waals surface area contributed by atoms with E-state index in [-0.39, 0.29) is 6.04 Å². The van der Waals surface area contributed by atoms with Crippen molar-refractivity contribution in [3.63, 3.8) is 0 Å². The Morgan fingerprint density at radius 3 is 2.82 bits per heavy atom. The summed E-state index contributed by atoms with van der Waals surface area (Å²) < 4.78 is 0. The molecule has 2 heteroatoms. The molecule has 0 aromatic carbocycles. The summed E-state index contributed by atoms with van der Waals surface area (Å²) in [7, 11) is 0. The number of hydrogen-bond donors (Lipinski definition) is 1. The van der Waals surface area contributed by atoms with Gasteiger partial charge in [-0.25, -0.2) is 0 Å². The fraction of sp³-hybridized carbons (Fsp3) is 0.889. The number of carbonyl (C=O) groups is 1. The van der Waals surface area contributed by atoms with Crippen LogP contribution in [0.2, 0.25) is 0 Å². The first-order chi connectivity index (χ1) is 5.26. The minimum atomic E-state index is 0.197. The third kappa shape index (κ3) is 1.20. The molecular formula is C9H15NO. The van der Waals surface area contributed by atoms with Crippen LogP contribution in [0.4, 0.5) is 0 Å². The molecule has 2 rings (SSSR count). The van der Waals surface area contributed by atoms with Gasteiger partial charge in [-0.1, -0.05) is 6.92 Å². The maximum atomic E-state index is 11.3. The number of ketones is 1. The molecule has 2 fully saturated rings. The zero-order valence-corrected chi connectivity index (χ0v) is 7.02. The first kappa shape index (κ1) is 7.29. The Bertz CT molecular complexity index is 184. The van der Waals surface area contributed by atoms with Crippen molar-refractivity contribution < 1.29 is 4.79 Å². The first-order valence-electron chi connectivity index (χ1n) is 4.52. The summed E-state index contributed by atoms with van der Waals surface area (Å²) in [5.74, 6) is 0.397. The number of rotatable bonds is 2. The fourth-order valence-electron chi connectivity index (χ4n) is 1.95. The topological polar surface area (TPSA) is 29.1 Å². The van der Waals surface area contributed by atoms with E-state index in [2.05, 4.69) is 5.32 Å². The molecular weight excluding hydrogens is 138 g/mol. The van der Waals surface area contributed by atoms with Gasteiger partial charge in [0, 0.05) is 13.0 Å². The van der Waals surface area contributed by atoms with Crippen LogP contribution in [0, 0.1) is 5.41 Å². The summed E-state index contributed by atoms with van der Waals surface area (Å²) in [5.41, 5.74) is 0.565. The quantitative estimate of drug-likeness (QED) is 0.643. The van der Waals surface area contributed by atoms with E-state index in [1.54, 1.807) is 0 Å². The highest BCUT2D eigenvalue weighted by molar-refractivity contribution is 5.84. The standard InChI is InChI=1S/C9H15NO/c1-2-8(11)7-5-9(3-4-9)6-10-7/h7,10H,2-6H2,1H3. The van der Waals surface area contributed by atoms with E-state index in [1.807, 2.05) is 6.92 Å². The molecule has 0 aromatic heterocycles. The van der Waals surface area contributed by atoms with E-state index in [0.29, 0.717) is 17.6 Å². The van der Waals surface area contributed by atoms with Crippen LogP contribution in [0.5, 0.6) is 0 Å². The number of hydrogen-bond acceptors (Lipinski definition) is 2. The van der Waals surface area contributed by atoms with Gasteiger partial charge in [-0.3, -0.25) is 4.79 Å². The van der Waals surface area contributed by atoms with Crippen molar-refractivity contribution in [3.8, 4) is 0 Å². The van der Waals surface area contributed by atoms with Gasteiger partial charge in [-0.2, -0.15) is 0 Å². The Morgan fingerprint density at radius 1 is 1.64 bits per heavy atom. The van der Waals surface area contributed by atoms with Gasteiger partial charge >= 0.3 is 0 Å². The molecule has 2 aliphatic rings. The summed E-state index contributed by atoms with van der Waals surface area (Å²) >= 11 is 0. The summed E-state index contributed by atoms with van der Waals surface area (Å²) in [6, 6.07) is 0.197. The lowest BCUT2D eigenvalue weighted by Crippen LogP contribution is -2.29. The van der Waals surface area contributed by atoms with Gasteiger partial charge in [0.15, 0.2) is 0 Å². The molecule has 11 heavy (non-hydrogen) atoms.